The summed E-state index contributed by atoms with van der Waals surface area (Å²) in [6.45, 7) is 3.82. The van der Waals surface area contributed by atoms with Crippen molar-refractivity contribution in [1.29, 1.82) is 0 Å². The summed E-state index contributed by atoms with van der Waals surface area (Å²) in [6.07, 6.45) is 3.23. The summed E-state index contributed by atoms with van der Waals surface area (Å²) in [4.78, 5) is 0. The van der Waals surface area contributed by atoms with Crippen molar-refractivity contribution in [3.63, 3.8) is 0 Å². The Morgan fingerprint density at radius 1 is 1.32 bits per heavy atom. The largest absolute Gasteiger partial charge is 0.370 e. The molecule has 0 atom stereocenters. The van der Waals surface area contributed by atoms with Gasteiger partial charge in [-0.2, -0.15) is 5.10 Å². The minimum atomic E-state index is -0.199. The van der Waals surface area contributed by atoms with Gasteiger partial charge in [0.25, 0.3) is 0 Å². The van der Waals surface area contributed by atoms with Crippen LogP contribution < -0.4 is 5.32 Å². The summed E-state index contributed by atoms with van der Waals surface area (Å²) in [5, 5.41) is 8.03. The van der Waals surface area contributed by atoms with Crippen LogP contribution in [0, 0.1) is 5.82 Å². The van der Waals surface area contributed by atoms with Crippen molar-refractivity contribution in [2.24, 2.45) is 0 Å². The molecule has 0 saturated carbocycles. The van der Waals surface area contributed by atoms with Crippen molar-refractivity contribution < 1.29 is 4.39 Å². The van der Waals surface area contributed by atoms with E-state index in [4.69, 9.17) is 0 Å². The Balaban J connectivity index is 2.16. The first-order chi connectivity index (χ1) is 9.31. The summed E-state index contributed by atoms with van der Waals surface area (Å²) in [5.74, 6) is 0.869. The quantitative estimate of drug-likeness (QED) is 0.895. The van der Waals surface area contributed by atoms with Crippen molar-refractivity contribution in [2.75, 3.05) is 11.9 Å². The molecule has 0 saturated heterocycles. The molecule has 0 radical (unpaired) electrons. The molecule has 1 N–H and O–H groups in total. The molecule has 2 aromatic rings. The molecule has 0 bridgehead atoms. The van der Waals surface area contributed by atoms with Gasteiger partial charge in [-0.15, -0.1) is 0 Å². The molecule has 1 aliphatic rings. The number of rotatable bonds is 2. The van der Waals surface area contributed by atoms with Crippen LogP contribution in [0.5, 0.6) is 0 Å². The van der Waals surface area contributed by atoms with Crippen LogP contribution in [0.25, 0.3) is 11.3 Å². The van der Waals surface area contributed by atoms with Gasteiger partial charge >= 0.3 is 0 Å². The van der Waals surface area contributed by atoms with Crippen LogP contribution in [-0.4, -0.2) is 16.3 Å². The maximum absolute atomic E-state index is 14.0. The minimum absolute atomic E-state index is 0.199. The molecule has 19 heavy (non-hydrogen) atoms. The number of nitrogens with one attached hydrogen (secondary N) is 1. The molecule has 1 aromatic carbocycles. The fourth-order valence-corrected chi connectivity index (χ4v) is 2.67. The van der Waals surface area contributed by atoms with E-state index < -0.39 is 0 Å². The van der Waals surface area contributed by atoms with Crippen molar-refractivity contribution in [2.45, 2.75) is 32.7 Å². The van der Waals surface area contributed by atoms with Crippen molar-refractivity contribution in [1.82, 2.24) is 9.78 Å². The fourth-order valence-electron chi connectivity index (χ4n) is 2.67. The van der Waals surface area contributed by atoms with E-state index in [1.165, 1.54) is 6.07 Å². The van der Waals surface area contributed by atoms with Crippen LogP contribution in [0.4, 0.5) is 10.2 Å². The molecule has 1 aromatic heterocycles. The molecular weight excluding hydrogens is 241 g/mol. The molecule has 2 heterocycles. The van der Waals surface area contributed by atoms with E-state index in [0.29, 0.717) is 5.56 Å². The molecule has 0 aliphatic carbocycles. The molecule has 0 fully saturated rings. The standard InChI is InChI=1S/C15H18FN3/c1-2-19-15-12(8-5-6-10-17-15)14(18-19)11-7-3-4-9-13(11)16/h3-4,7,9,17H,2,5-6,8,10H2,1H3. The van der Waals surface area contributed by atoms with E-state index in [-0.39, 0.29) is 5.82 Å². The highest BCUT2D eigenvalue weighted by Gasteiger charge is 2.21. The number of halogens is 1. The van der Waals surface area contributed by atoms with Crippen LogP contribution in [0.3, 0.4) is 0 Å². The van der Waals surface area contributed by atoms with Crippen molar-refractivity contribution in [3.8, 4) is 11.3 Å². The monoisotopic (exact) mass is 259 g/mol. The van der Waals surface area contributed by atoms with E-state index in [2.05, 4.69) is 17.3 Å². The number of anilines is 1. The lowest BCUT2D eigenvalue weighted by atomic mass is 10.0. The molecule has 100 valence electrons. The maximum Gasteiger partial charge on any atom is 0.132 e. The third kappa shape index (κ3) is 2.11. The van der Waals surface area contributed by atoms with Gasteiger partial charge in [0.05, 0.1) is 0 Å². The van der Waals surface area contributed by atoms with Gasteiger partial charge in [-0.1, -0.05) is 12.1 Å². The molecule has 4 heteroatoms. The van der Waals surface area contributed by atoms with Gasteiger partial charge in [0.1, 0.15) is 17.3 Å². The maximum atomic E-state index is 14.0. The molecule has 3 rings (SSSR count). The van der Waals surface area contributed by atoms with Crippen LogP contribution in [0.2, 0.25) is 0 Å². The zero-order chi connectivity index (χ0) is 13.2. The number of aryl methyl sites for hydroxylation is 1. The first-order valence-electron chi connectivity index (χ1n) is 6.89. The topological polar surface area (TPSA) is 29.9 Å². The van der Waals surface area contributed by atoms with Crippen LogP contribution in [-0.2, 0) is 13.0 Å². The Hall–Kier alpha value is -1.84. The second-order valence-electron chi connectivity index (χ2n) is 4.86. The smallest absolute Gasteiger partial charge is 0.132 e. The Labute approximate surface area is 112 Å². The van der Waals surface area contributed by atoms with E-state index in [0.717, 1.165) is 49.4 Å². The van der Waals surface area contributed by atoms with Gasteiger partial charge in [-0.05, 0) is 38.3 Å². The molecule has 0 spiro atoms. The SMILES string of the molecule is CCn1nc(-c2ccccc2F)c2c1NCCCC2. The molecule has 3 nitrogen and oxygen atoms in total. The third-order valence-corrected chi connectivity index (χ3v) is 3.63. The second-order valence-corrected chi connectivity index (χ2v) is 4.86. The van der Waals surface area contributed by atoms with Gasteiger partial charge in [0, 0.05) is 24.2 Å². The lowest BCUT2D eigenvalue weighted by Crippen LogP contribution is -2.07. The first kappa shape index (κ1) is 12.2. The Kier molecular flexibility index (Phi) is 3.23. The zero-order valence-corrected chi connectivity index (χ0v) is 11.1. The van der Waals surface area contributed by atoms with E-state index >= 15 is 0 Å². The Morgan fingerprint density at radius 3 is 2.95 bits per heavy atom. The normalized spacial score (nSPS) is 14.6. The van der Waals surface area contributed by atoms with Crippen molar-refractivity contribution in [3.05, 3.63) is 35.6 Å². The minimum Gasteiger partial charge on any atom is -0.370 e. The van der Waals surface area contributed by atoms with Gasteiger partial charge in [0.15, 0.2) is 0 Å². The number of aromatic nitrogens is 2. The third-order valence-electron chi connectivity index (χ3n) is 3.63. The Morgan fingerprint density at radius 2 is 2.16 bits per heavy atom. The predicted molar refractivity (Wildman–Crippen MR) is 74.7 cm³/mol. The molecule has 0 amide bonds. The van der Waals surface area contributed by atoms with Crippen LogP contribution in [0.15, 0.2) is 24.3 Å². The highest BCUT2D eigenvalue weighted by molar-refractivity contribution is 5.70. The van der Waals surface area contributed by atoms with Gasteiger partial charge in [-0.3, -0.25) is 0 Å². The summed E-state index contributed by atoms with van der Waals surface area (Å²) in [5.41, 5.74) is 2.56. The summed E-state index contributed by atoms with van der Waals surface area (Å²) >= 11 is 0. The number of hydrogen-bond donors (Lipinski definition) is 1. The summed E-state index contributed by atoms with van der Waals surface area (Å²) in [7, 11) is 0. The van der Waals surface area contributed by atoms with E-state index in [1.807, 2.05) is 16.8 Å². The summed E-state index contributed by atoms with van der Waals surface area (Å²) < 4.78 is 15.9. The molecule has 0 unspecified atom stereocenters. The number of nitrogens with zero attached hydrogens (tertiary/aromatic N) is 2. The fraction of sp³-hybridized carbons (Fsp3) is 0.400. The zero-order valence-electron chi connectivity index (χ0n) is 11.1. The average molecular weight is 259 g/mol. The van der Waals surface area contributed by atoms with E-state index in [1.54, 1.807) is 6.07 Å². The lowest BCUT2D eigenvalue weighted by molar-refractivity contribution is 0.627. The highest BCUT2D eigenvalue weighted by Crippen LogP contribution is 2.33. The number of benzene rings is 1. The second kappa shape index (κ2) is 5.03. The van der Waals surface area contributed by atoms with Crippen LogP contribution in [0.1, 0.15) is 25.3 Å². The van der Waals surface area contributed by atoms with E-state index in [9.17, 15) is 4.39 Å². The first-order valence-corrected chi connectivity index (χ1v) is 6.89. The lowest BCUT2D eigenvalue weighted by Gasteiger charge is -2.06. The number of hydrogen-bond acceptors (Lipinski definition) is 2. The number of fused-ring (bicyclic) bond motifs is 1. The van der Waals surface area contributed by atoms with Crippen LogP contribution >= 0.6 is 0 Å². The van der Waals surface area contributed by atoms with Gasteiger partial charge in [0.2, 0.25) is 0 Å². The Bertz CT molecular complexity index is 589. The van der Waals surface area contributed by atoms with Gasteiger partial charge in [-0.25, -0.2) is 9.07 Å². The van der Waals surface area contributed by atoms with Crippen molar-refractivity contribution >= 4 is 5.82 Å². The van der Waals surface area contributed by atoms with Gasteiger partial charge < -0.3 is 5.32 Å². The highest BCUT2D eigenvalue weighted by atomic mass is 19.1. The predicted octanol–water partition coefficient (Wildman–Crippen LogP) is 3.46. The molecule has 1 aliphatic heterocycles. The summed E-state index contributed by atoms with van der Waals surface area (Å²) in [6, 6.07) is 6.88. The average Bonchev–Trinajstić information content (AvgIpc) is 2.61. The molecular formula is C15H18FN3.